The Kier molecular flexibility index (Phi) is 9.80. The summed E-state index contributed by atoms with van der Waals surface area (Å²) in [5, 5.41) is 1.55. The van der Waals surface area contributed by atoms with Gasteiger partial charge in [-0.15, -0.1) is 0 Å². The van der Waals surface area contributed by atoms with Crippen molar-refractivity contribution in [3.8, 4) is 0 Å². The molecule has 0 atom stereocenters. The molecular formula is C24H49Br2GeSi4. The van der Waals surface area contributed by atoms with Crippen molar-refractivity contribution in [2.45, 2.75) is 115 Å². The fourth-order valence-corrected chi connectivity index (χ4v) is 39.5. The van der Waals surface area contributed by atoms with Crippen LogP contribution in [0.1, 0.15) is 47.8 Å². The molecule has 0 N–H and O–H groups in total. The molecule has 0 saturated heterocycles. The molecule has 7 heteroatoms. The van der Waals surface area contributed by atoms with Gasteiger partial charge in [-0.05, 0) is 0 Å². The molecule has 0 heterocycles. The Morgan fingerprint density at radius 3 is 1.03 bits per heavy atom. The van der Waals surface area contributed by atoms with Crippen molar-refractivity contribution in [2.75, 3.05) is 0 Å². The van der Waals surface area contributed by atoms with Crippen LogP contribution in [-0.2, 0) is 5.41 Å². The van der Waals surface area contributed by atoms with Crippen LogP contribution >= 0.6 is 28.0 Å². The van der Waals surface area contributed by atoms with Crippen LogP contribution < -0.4 is 4.40 Å². The van der Waals surface area contributed by atoms with E-state index in [1.165, 1.54) is 0 Å². The van der Waals surface area contributed by atoms with Crippen LogP contribution in [0.15, 0.2) is 12.1 Å². The molecule has 179 valence electrons. The normalized spacial score (nSPS) is 14.8. The van der Waals surface area contributed by atoms with Crippen LogP contribution in [0.3, 0.4) is 0 Å². The van der Waals surface area contributed by atoms with Crippen LogP contribution in [0, 0.1) is 0 Å². The van der Waals surface area contributed by atoms with E-state index >= 15 is 0 Å². The third-order valence-corrected chi connectivity index (χ3v) is 31.0. The van der Waals surface area contributed by atoms with Gasteiger partial charge >= 0.3 is 219 Å². The molecule has 0 amide bonds. The van der Waals surface area contributed by atoms with Crippen molar-refractivity contribution >= 4 is 75.4 Å². The van der Waals surface area contributed by atoms with Crippen molar-refractivity contribution in [1.29, 1.82) is 0 Å². The van der Waals surface area contributed by atoms with Gasteiger partial charge in [0, 0.05) is 0 Å². The second-order valence-electron chi connectivity index (χ2n) is 14.9. The molecule has 1 aromatic carbocycles. The van der Waals surface area contributed by atoms with Crippen LogP contribution in [0.5, 0.6) is 0 Å². The van der Waals surface area contributed by atoms with Crippen molar-refractivity contribution < 1.29 is 0 Å². The Balaban J connectivity index is 4.29. The molecule has 0 aliphatic carbocycles. The van der Waals surface area contributed by atoms with Gasteiger partial charge < -0.3 is 0 Å². The first-order valence-corrected chi connectivity index (χ1v) is 37.0. The average Bonchev–Trinajstić information content (AvgIpc) is 2.38. The van der Waals surface area contributed by atoms with Crippen molar-refractivity contribution in [2.24, 2.45) is 0 Å². The van der Waals surface area contributed by atoms with Gasteiger partial charge in [-0.3, -0.25) is 0 Å². The Morgan fingerprint density at radius 2 is 0.871 bits per heavy atom. The molecule has 0 unspecified atom stereocenters. The molecule has 0 nitrogen and oxygen atoms in total. The van der Waals surface area contributed by atoms with E-state index in [1.807, 2.05) is 0 Å². The number of halogens is 2. The minimum atomic E-state index is -1.68. The summed E-state index contributed by atoms with van der Waals surface area (Å²) < 4.78 is 1.75. The van der Waals surface area contributed by atoms with Crippen molar-refractivity contribution in [3.05, 3.63) is 28.8 Å². The molecule has 1 rings (SSSR count). The van der Waals surface area contributed by atoms with E-state index in [1.54, 1.807) is 21.1 Å². The topological polar surface area (TPSA) is 0 Å². The van der Waals surface area contributed by atoms with E-state index in [-0.39, 0.29) is 5.41 Å². The third kappa shape index (κ3) is 7.79. The second-order valence-corrected chi connectivity index (χ2v) is 53.2. The molecule has 0 aromatic heterocycles. The Morgan fingerprint density at radius 1 is 0.613 bits per heavy atom. The van der Waals surface area contributed by atoms with Crippen LogP contribution in [0.4, 0.5) is 0 Å². The summed E-state index contributed by atoms with van der Waals surface area (Å²) in [7, 11) is -7.29. The summed E-state index contributed by atoms with van der Waals surface area (Å²) in [6, 6.07) is 5.34. The summed E-state index contributed by atoms with van der Waals surface area (Å²) in [6.45, 7) is 38.6. The summed E-state index contributed by atoms with van der Waals surface area (Å²) in [5.74, 6) is 0. The monoisotopic (exact) mass is 681 g/mol. The van der Waals surface area contributed by atoms with Gasteiger partial charge in [-0.25, -0.2) is 0 Å². The summed E-state index contributed by atoms with van der Waals surface area (Å²) in [5.41, 5.74) is 5.22. The van der Waals surface area contributed by atoms with E-state index in [2.05, 4.69) is 139 Å². The minimum absolute atomic E-state index is 0.174. The van der Waals surface area contributed by atoms with Gasteiger partial charge in [-0.2, -0.15) is 0 Å². The van der Waals surface area contributed by atoms with Gasteiger partial charge in [0.05, 0.1) is 0 Å². The fourth-order valence-electron chi connectivity index (χ4n) is 6.26. The van der Waals surface area contributed by atoms with Crippen LogP contribution in [0.25, 0.3) is 0 Å². The molecule has 0 aliphatic heterocycles. The number of hydrogen-bond donors (Lipinski definition) is 0. The van der Waals surface area contributed by atoms with E-state index in [0.29, 0.717) is 0 Å². The van der Waals surface area contributed by atoms with Gasteiger partial charge in [0.2, 0.25) is 0 Å². The molecule has 0 spiro atoms. The SMILES string of the molecule is CC(C)(C)c1cc(C([Si](C)(C)C)[Si](C)(C)C)[c]([Ge]([Br])[Br])c(C([Si](C)(C)C)[Si](C)(C)C)c1. The van der Waals surface area contributed by atoms with Gasteiger partial charge in [-0.1, -0.05) is 0 Å². The summed E-state index contributed by atoms with van der Waals surface area (Å²) in [4.78, 5) is 0. The third-order valence-electron chi connectivity index (χ3n) is 6.34. The van der Waals surface area contributed by atoms with E-state index in [4.69, 9.17) is 0 Å². The number of rotatable bonds is 7. The van der Waals surface area contributed by atoms with Gasteiger partial charge in [0.1, 0.15) is 0 Å². The average molecular weight is 682 g/mol. The van der Waals surface area contributed by atoms with E-state index in [9.17, 15) is 0 Å². The Labute approximate surface area is 217 Å². The first kappa shape index (κ1) is 30.6. The second kappa shape index (κ2) is 9.92. The zero-order valence-electron chi connectivity index (χ0n) is 23.1. The van der Waals surface area contributed by atoms with Gasteiger partial charge in [0.15, 0.2) is 0 Å². The molecule has 0 bridgehead atoms. The molecule has 0 saturated carbocycles. The standard InChI is InChI=1S/C24H49Br2GeSi4/c1-24(2,3)18-16-19(22(28(4,5)6)29(7,8)9)21(27(25)26)20(17-18)23(30(10,11)12)31(13,14)15/h16-17,22-23H,1-15H3. The maximum atomic E-state index is 4.21. The zero-order chi connectivity index (χ0) is 25.0. The molecule has 31 heavy (non-hydrogen) atoms. The van der Waals surface area contributed by atoms with Crippen LogP contribution in [-0.4, -0.2) is 43.0 Å². The Hall–Kier alpha value is 1.59. The molecule has 1 aromatic rings. The summed E-state index contributed by atoms with van der Waals surface area (Å²) >= 11 is 8.42. The number of benzene rings is 1. The predicted molar refractivity (Wildman–Crippen MR) is 167 cm³/mol. The fraction of sp³-hybridized carbons (Fsp3) is 0.750. The first-order valence-electron chi connectivity index (χ1n) is 11.8. The Bertz CT molecular complexity index is 692. The molecule has 1 radical (unpaired) electrons. The first-order chi connectivity index (χ1) is 13.4. The zero-order valence-corrected chi connectivity index (χ0v) is 32.3. The van der Waals surface area contributed by atoms with Crippen LogP contribution in [0.2, 0.25) is 78.6 Å². The van der Waals surface area contributed by atoms with Crippen molar-refractivity contribution in [3.63, 3.8) is 0 Å². The van der Waals surface area contributed by atoms with E-state index < -0.39 is 43.0 Å². The number of hydrogen-bond acceptors (Lipinski definition) is 0. The molecular weight excluding hydrogens is 633 g/mol. The molecule has 0 fully saturated rings. The summed E-state index contributed by atoms with van der Waals surface area (Å²) in [6.07, 6.45) is 0. The van der Waals surface area contributed by atoms with Crippen molar-refractivity contribution in [1.82, 2.24) is 0 Å². The maximum absolute atomic E-state index is 4.21. The van der Waals surface area contributed by atoms with E-state index in [0.717, 1.165) is 10.3 Å². The molecule has 0 aliphatic rings. The predicted octanol–water partition coefficient (Wildman–Crippen LogP) is 9.15. The quantitative estimate of drug-likeness (QED) is 0.252. The van der Waals surface area contributed by atoms with Gasteiger partial charge in [0.25, 0.3) is 0 Å².